The first-order valence-corrected chi connectivity index (χ1v) is 9.36. The quantitative estimate of drug-likeness (QED) is 0.726. The number of para-hydroxylation sites is 2. The Morgan fingerprint density at radius 1 is 0.840 bits per heavy atom. The van der Waals surface area contributed by atoms with Crippen molar-refractivity contribution in [2.24, 2.45) is 0 Å². The van der Waals surface area contributed by atoms with Gasteiger partial charge in [-0.1, -0.05) is 60.7 Å². The van der Waals surface area contributed by atoms with Crippen LogP contribution in [0.15, 0.2) is 83.8 Å². The number of hydrogen-bond acceptors (Lipinski definition) is 3. The molecule has 3 aromatic carbocycles. The summed E-state index contributed by atoms with van der Waals surface area (Å²) in [6.07, 6.45) is 0.644. The molecule has 0 atom stereocenters. The molecule has 1 N–H and O–H groups in total. The summed E-state index contributed by atoms with van der Waals surface area (Å²) in [4.78, 5) is 0.118. The van der Waals surface area contributed by atoms with Crippen molar-refractivity contribution in [3.8, 4) is 5.75 Å². The second-order valence-corrected chi connectivity index (χ2v) is 7.23. The Kier molecular flexibility index (Phi) is 5.05. The van der Waals surface area contributed by atoms with Crippen molar-refractivity contribution in [3.63, 3.8) is 0 Å². The largest absolute Gasteiger partial charge is 0.495 e. The van der Waals surface area contributed by atoms with Crippen LogP contribution in [0.3, 0.4) is 0 Å². The van der Waals surface area contributed by atoms with Crippen molar-refractivity contribution in [1.82, 2.24) is 0 Å². The monoisotopic (exact) mass is 353 g/mol. The predicted octanol–water partition coefficient (Wildman–Crippen LogP) is 4.09. The van der Waals surface area contributed by atoms with E-state index in [1.807, 2.05) is 48.5 Å². The van der Waals surface area contributed by atoms with E-state index in [2.05, 4.69) is 4.72 Å². The van der Waals surface area contributed by atoms with Crippen LogP contribution in [0.25, 0.3) is 0 Å². The molecule has 0 saturated heterocycles. The Morgan fingerprint density at radius 2 is 1.48 bits per heavy atom. The average Bonchev–Trinajstić information content (AvgIpc) is 2.64. The minimum atomic E-state index is -3.75. The average molecular weight is 353 g/mol. The van der Waals surface area contributed by atoms with Crippen LogP contribution in [0.4, 0.5) is 5.69 Å². The Morgan fingerprint density at radius 3 is 2.24 bits per heavy atom. The van der Waals surface area contributed by atoms with Gasteiger partial charge in [0.2, 0.25) is 0 Å². The number of nitrogens with one attached hydrogen (secondary N) is 1. The van der Waals surface area contributed by atoms with Crippen molar-refractivity contribution in [2.45, 2.75) is 11.3 Å². The van der Waals surface area contributed by atoms with E-state index in [-0.39, 0.29) is 4.90 Å². The van der Waals surface area contributed by atoms with Gasteiger partial charge in [0.1, 0.15) is 10.6 Å². The molecule has 0 unspecified atom stereocenters. The van der Waals surface area contributed by atoms with Crippen molar-refractivity contribution >= 4 is 15.7 Å². The maximum atomic E-state index is 12.8. The number of anilines is 1. The summed E-state index contributed by atoms with van der Waals surface area (Å²) >= 11 is 0. The van der Waals surface area contributed by atoms with Gasteiger partial charge in [0.25, 0.3) is 10.0 Å². The zero-order valence-corrected chi connectivity index (χ0v) is 14.7. The molecule has 0 aliphatic carbocycles. The number of ether oxygens (including phenoxy) is 1. The molecule has 0 spiro atoms. The number of hydrogen-bond donors (Lipinski definition) is 1. The Bertz CT molecular complexity index is 953. The Hall–Kier alpha value is -2.79. The predicted molar refractivity (Wildman–Crippen MR) is 99.5 cm³/mol. The molecular formula is C20H19NO3S. The van der Waals surface area contributed by atoms with Gasteiger partial charge in [-0.3, -0.25) is 4.72 Å². The second-order valence-electron chi connectivity index (χ2n) is 5.58. The lowest BCUT2D eigenvalue weighted by Crippen LogP contribution is -2.15. The first kappa shape index (κ1) is 17.0. The van der Waals surface area contributed by atoms with E-state index in [0.717, 1.165) is 11.1 Å². The maximum absolute atomic E-state index is 12.8. The van der Waals surface area contributed by atoms with Gasteiger partial charge in [-0.15, -0.1) is 0 Å². The lowest BCUT2D eigenvalue weighted by atomic mass is 10.0. The highest BCUT2D eigenvalue weighted by molar-refractivity contribution is 7.92. The summed E-state index contributed by atoms with van der Waals surface area (Å²) in [5.41, 5.74) is 2.59. The highest BCUT2D eigenvalue weighted by Gasteiger charge is 2.20. The van der Waals surface area contributed by atoms with E-state index >= 15 is 0 Å². The molecular weight excluding hydrogens is 334 g/mol. The van der Waals surface area contributed by atoms with Crippen LogP contribution < -0.4 is 9.46 Å². The van der Waals surface area contributed by atoms with E-state index < -0.39 is 10.0 Å². The van der Waals surface area contributed by atoms with E-state index in [1.54, 1.807) is 24.3 Å². The Balaban J connectivity index is 1.93. The topological polar surface area (TPSA) is 55.4 Å². The van der Waals surface area contributed by atoms with Crippen LogP contribution in [0.5, 0.6) is 5.75 Å². The van der Waals surface area contributed by atoms with E-state index in [0.29, 0.717) is 17.9 Å². The van der Waals surface area contributed by atoms with Crippen LogP contribution in [0.1, 0.15) is 11.1 Å². The summed E-state index contributed by atoms with van der Waals surface area (Å²) < 4.78 is 33.5. The number of benzene rings is 3. The molecule has 5 heteroatoms. The molecule has 3 rings (SSSR count). The van der Waals surface area contributed by atoms with Gasteiger partial charge >= 0.3 is 0 Å². The fraction of sp³-hybridized carbons (Fsp3) is 0.100. The molecule has 0 fully saturated rings. The van der Waals surface area contributed by atoms with Gasteiger partial charge in [0, 0.05) is 0 Å². The van der Waals surface area contributed by atoms with Gasteiger partial charge in [0.15, 0.2) is 0 Å². The fourth-order valence-corrected chi connectivity index (χ4v) is 3.90. The molecule has 0 radical (unpaired) electrons. The maximum Gasteiger partial charge on any atom is 0.265 e. The lowest BCUT2D eigenvalue weighted by Gasteiger charge is -2.14. The van der Waals surface area contributed by atoms with E-state index in [1.165, 1.54) is 13.2 Å². The van der Waals surface area contributed by atoms with Crippen LogP contribution in [-0.2, 0) is 16.4 Å². The number of rotatable bonds is 6. The third-order valence-corrected chi connectivity index (χ3v) is 5.26. The highest BCUT2D eigenvalue weighted by Crippen LogP contribution is 2.27. The van der Waals surface area contributed by atoms with Crippen molar-refractivity contribution in [2.75, 3.05) is 11.8 Å². The molecule has 25 heavy (non-hydrogen) atoms. The van der Waals surface area contributed by atoms with Gasteiger partial charge < -0.3 is 4.74 Å². The van der Waals surface area contributed by atoms with Crippen LogP contribution >= 0.6 is 0 Å². The van der Waals surface area contributed by atoms with Crippen LogP contribution in [-0.4, -0.2) is 15.5 Å². The lowest BCUT2D eigenvalue weighted by molar-refractivity contribution is 0.403. The molecule has 0 saturated carbocycles. The first-order valence-electron chi connectivity index (χ1n) is 7.88. The summed E-state index contributed by atoms with van der Waals surface area (Å²) in [5.74, 6) is 0.315. The molecule has 4 nitrogen and oxygen atoms in total. The van der Waals surface area contributed by atoms with E-state index in [9.17, 15) is 8.42 Å². The molecule has 0 aromatic heterocycles. The second kappa shape index (κ2) is 7.40. The van der Waals surface area contributed by atoms with Crippen molar-refractivity contribution in [1.29, 1.82) is 0 Å². The van der Waals surface area contributed by atoms with Gasteiger partial charge in [-0.25, -0.2) is 8.42 Å². The molecule has 128 valence electrons. The molecule has 3 aromatic rings. The van der Waals surface area contributed by atoms with Gasteiger partial charge in [-0.05, 0) is 35.7 Å². The zero-order chi connectivity index (χ0) is 17.7. The Labute approximate surface area is 148 Å². The summed E-state index contributed by atoms with van der Waals surface area (Å²) in [7, 11) is -2.29. The number of sulfonamides is 1. The van der Waals surface area contributed by atoms with Gasteiger partial charge in [0.05, 0.1) is 12.8 Å². The highest BCUT2D eigenvalue weighted by atomic mass is 32.2. The van der Waals surface area contributed by atoms with Gasteiger partial charge in [-0.2, -0.15) is 0 Å². The summed E-state index contributed by atoms with van der Waals surface area (Å²) in [6.45, 7) is 0. The zero-order valence-electron chi connectivity index (χ0n) is 13.8. The normalized spacial score (nSPS) is 11.1. The minimum Gasteiger partial charge on any atom is -0.495 e. The molecule has 0 amide bonds. The van der Waals surface area contributed by atoms with E-state index in [4.69, 9.17) is 4.74 Å². The third kappa shape index (κ3) is 4.00. The SMILES string of the molecule is COc1ccccc1S(=O)(=O)Nc1ccccc1Cc1ccccc1. The summed E-state index contributed by atoms with van der Waals surface area (Å²) in [6, 6.07) is 23.9. The van der Waals surface area contributed by atoms with Crippen LogP contribution in [0.2, 0.25) is 0 Å². The number of methoxy groups -OCH3 is 1. The van der Waals surface area contributed by atoms with Crippen molar-refractivity contribution < 1.29 is 13.2 Å². The molecule has 0 aliphatic rings. The third-order valence-electron chi connectivity index (χ3n) is 3.86. The van der Waals surface area contributed by atoms with Crippen molar-refractivity contribution in [3.05, 3.63) is 90.0 Å². The molecule has 0 bridgehead atoms. The fourth-order valence-electron chi connectivity index (χ4n) is 2.63. The minimum absolute atomic E-state index is 0.118. The summed E-state index contributed by atoms with van der Waals surface area (Å²) in [5, 5.41) is 0. The smallest absolute Gasteiger partial charge is 0.265 e. The molecule has 0 heterocycles. The first-order chi connectivity index (χ1) is 12.1. The standard InChI is InChI=1S/C20H19NO3S/c1-24-19-13-7-8-14-20(19)25(22,23)21-18-12-6-5-11-17(18)15-16-9-3-2-4-10-16/h2-14,21H,15H2,1H3. The molecule has 0 aliphatic heterocycles. The van der Waals surface area contributed by atoms with Crippen LogP contribution in [0, 0.1) is 0 Å².